The molecule has 0 aliphatic heterocycles. The van der Waals surface area contributed by atoms with E-state index < -0.39 is 15.8 Å². The molecule has 5 nitrogen and oxygen atoms in total. The third kappa shape index (κ3) is 4.05. The molecule has 6 heteroatoms. The molecule has 0 bridgehead atoms. The average Bonchev–Trinajstić information content (AvgIpc) is 2.44. The van der Waals surface area contributed by atoms with Gasteiger partial charge in [0, 0.05) is 6.26 Å². The fourth-order valence-corrected chi connectivity index (χ4v) is 3.38. The number of ether oxygens (including phenoxy) is 1. The molecule has 1 aromatic carbocycles. The first-order chi connectivity index (χ1) is 9.86. The number of unbranched alkanes of at least 4 members (excludes halogenated alkanes) is 2. The van der Waals surface area contributed by atoms with Crippen LogP contribution in [0.25, 0.3) is 0 Å². The summed E-state index contributed by atoms with van der Waals surface area (Å²) in [6.45, 7) is 2.05. The molecule has 0 heterocycles. The van der Waals surface area contributed by atoms with Gasteiger partial charge < -0.3 is 4.74 Å². The molecule has 0 aliphatic carbocycles. The highest BCUT2D eigenvalue weighted by molar-refractivity contribution is 7.90. The minimum atomic E-state index is -3.61. The normalized spacial score (nSPS) is 11.0. The standard InChI is InChI=1S/C15H19NO4S/c1-4-5-6-7-11-8-9-12(15(17)20-2)13(10-16)14(11)21(3,18)19/h8-9H,4-7H2,1-3H3. The van der Waals surface area contributed by atoms with Crippen LogP contribution in [0.15, 0.2) is 17.0 Å². The Morgan fingerprint density at radius 3 is 2.48 bits per heavy atom. The van der Waals surface area contributed by atoms with Gasteiger partial charge in [-0.3, -0.25) is 0 Å². The second-order valence-electron chi connectivity index (χ2n) is 4.81. The summed E-state index contributed by atoms with van der Waals surface area (Å²) >= 11 is 0. The molecule has 0 aromatic heterocycles. The number of nitrogens with zero attached hydrogens (tertiary/aromatic N) is 1. The Bertz CT molecular complexity index is 672. The Labute approximate surface area is 125 Å². The number of hydrogen-bond acceptors (Lipinski definition) is 5. The second kappa shape index (κ2) is 7.23. The third-order valence-corrected chi connectivity index (χ3v) is 4.38. The SMILES string of the molecule is CCCCCc1ccc(C(=O)OC)c(C#N)c1S(C)(=O)=O. The number of hydrogen-bond donors (Lipinski definition) is 0. The molecule has 0 unspecified atom stereocenters. The predicted octanol–water partition coefficient (Wildman–Crippen LogP) is 2.48. The van der Waals surface area contributed by atoms with Crippen LogP contribution in [0.3, 0.4) is 0 Å². The molecule has 1 rings (SSSR count). The first-order valence-electron chi connectivity index (χ1n) is 6.71. The zero-order chi connectivity index (χ0) is 16.0. The van der Waals surface area contributed by atoms with E-state index in [-0.39, 0.29) is 16.0 Å². The van der Waals surface area contributed by atoms with E-state index in [0.29, 0.717) is 12.0 Å². The monoisotopic (exact) mass is 309 g/mol. The van der Waals surface area contributed by atoms with Crippen molar-refractivity contribution in [3.05, 3.63) is 28.8 Å². The van der Waals surface area contributed by atoms with Gasteiger partial charge in [-0.2, -0.15) is 5.26 Å². The maximum Gasteiger partial charge on any atom is 0.339 e. The Morgan fingerprint density at radius 2 is 2.00 bits per heavy atom. The van der Waals surface area contributed by atoms with Gasteiger partial charge in [0.25, 0.3) is 0 Å². The van der Waals surface area contributed by atoms with Crippen molar-refractivity contribution in [1.29, 1.82) is 5.26 Å². The Kier molecular flexibility index (Phi) is 5.91. The van der Waals surface area contributed by atoms with E-state index in [1.807, 2.05) is 6.07 Å². The first-order valence-corrected chi connectivity index (χ1v) is 8.60. The highest BCUT2D eigenvalue weighted by atomic mass is 32.2. The molecular formula is C15H19NO4S. The predicted molar refractivity (Wildman–Crippen MR) is 78.8 cm³/mol. The third-order valence-electron chi connectivity index (χ3n) is 3.18. The quantitative estimate of drug-likeness (QED) is 0.595. The number of carbonyl (C=O) groups is 1. The maximum absolute atomic E-state index is 12.0. The van der Waals surface area contributed by atoms with Gasteiger partial charge in [-0.15, -0.1) is 0 Å². The van der Waals surface area contributed by atoms with E-state index in [2.05, 4.69) is 11.7 Å². The topological polar surface area (TPSA) is 84.2 Å². The van der Waals surface area contributed by atoms with E-state index >= 15 is 0 Å². The lowest BCUT2D eigenvalue weighted by Gasteiger charge is -2.12. The van der Waals surface area contributed by atoms with Crippen molar-refractivity contribution in [2.75, 3.05) is 13.4 Å². The number of esters is 1. The second-order valence-corrected chi connectivity index (χ2v) is 6.76. The molecule has 0 atom stereocenters. The van der Waals surface area contributed by atoms with Crippen molar-refractivity contribution >= 4 is 15.8 Å². The fourth-order valence-electron chi connectivity index (χ4n) is 2.20. The van der Waals surface area contributed by atoms with Crippen molar-refractivity contribution in [3.63, 3.8) is 0 Å². The number of methoxy groups -OCH3 is 1. The summed E-state index contributed by atoms with van der Waals surface area (Å²) in [4.78, 5) is 11.6. The minimum Gasteiger partial charge on any atom is -0.465 e. The van der Waals surface area contributed by atoms with Crippen LogP contribution < -0.4 is 0 Å². The van der Waals surface area contributed by atoms with Crippen LogP contribution >= 0.6 is 0 Å². The molecule has 0 N–H and O–H groups in total. The molecule has 0 fully saturated rings. The number of benzene rings is 1. The van der Waals surface area contributed by atoms with Gasteiger partial charge in [0.15, 0.2) is 9.84 Å². The number of sulfone groups is 1. The zero-order valence-corrected chi connectivity index (χ0v) is 13.3. The number of nitriles is 1. The molecule has 0 saturated carbocycles. The number of rotatable bonds is 6. The van der Waals surface area contributed by atoms with E-state index in [0.717, 1.165) is 25.5 Å². The smallest absolute Gasteiger partial charge is 0.339 e. The van der Waals surface area contributed by atoms with Crippen molar-refractivity contribution in [3.8, 4) is 6.07 Å². The largest absolute Gasteiger partial charge is 0.465 e. The highest BCUT2D eigenvalue weighted by Crippen LogP contribution is 2.26. The van der Waals surface area contributed by atoms with E-state index in [4.69, 9.17) is 0 Å². The van der Waals surface area contributed by atoms with Crippen molar-refractivity contribution < 1.29 is 17.9 Å². The lowest BCUT2D eigenvalue weighted by Crippen LogP contribution is -2.12. The van der Waals surface area contributed by atoms with Crippen LogP contribution in [0.4, 0.5) is 0 Å². The summed E-state index contributed by atoms with van der Waals surface area (Å²) in [7, 11) is -2.41. The summed E-state index contributed by atoms with van der Waals surface area (Å²) in [5, 5.41) is 9.28. The molecule has 21 heavy (non-hydrogen) atoms. The minimum absolute atomic E-state index is 0.0142. The van der Waals surface area contributed by atoms with E-state index in [9.17, 15) is 18.5 Å². The van der Waals surface area contributed by atoms with Gasteiger partial charge in [0.2, 0.25) is 0 Å². The lowest BCUT2D eigenvalue weighted by atomic mass is 10.0. The van der Waals surface area contributed by atoms with Crippen LogP contribution in [-0.2, 0) is 21.0 Å². The Hall–Kier alpha value is -1.87. The summed E-state index contributed by atoms with van der Waals surface area (Å²) in [6.07, 6.45) is 4.44. The van der Waals surface area contributed by atoms with E-state index in [1.165, 1.54) is 13.2 Å². The van der Waals surface area contributed by atoms with Crippen molar-refractivity contribution in [1.82, 2.24) is 0 Å². The van der Waals surface area contributed by atoms with Gasteiger partial charge >= 0.3 is 5.97 Å². The van der Waals surface area contributed by atoms with Gasteiger partial charge in [-0.05, 0) is 24.5 Å². The van der Waals surface area contributed by atoms with Gasteiger partial charge in [0.05, 0.1) is 23.1 Å². The van der Waals surface area contributed by atoms with Gasteiger partial charge in [-0.1, -0.05) is 25.8 Å². The number of aryl methyl sites for hydroxylation is 1. The summed E-state index contributed by atoms with van der Waals surface area (Å²) in [6, 6.07) is 4.89. The fraction of sp³-hybridized carbons (Fsp3) is 0.467. The summed E-state index contributed by atoms with van der Waals surface area (Å²) in [5.74, 6) is -0.712. The maximum atomic E-state index is 12.0. The zero-order valence-electron chi connectivity index (χ0n) is 12.5. The highest BCUT2D eigenvalue weighted by Gasteiger charge is 2.24. The molecule has 0 spiro atoms. The lowest BCUT2D eigenvalue weighted by molar-refractivity contribution is 0.0600. The molecule has 0 saturated heterocycles. The molecule has 0 aliphatic rings. The van der Waals surface area contributed by atoms with Crippen LogP contribution in [0.2, 0.25) is 0 Å². The summed E-state index contributed by atoms with van der Waals surface area (Å²) in [5.41, 5.74) is 0.438. The van der Waals surface area contributed by atoms with Crippen LogP contribution in [0.5, 0.6) is 0 Å². The van der Waals surface area contributed by atoms with Crippen LogP contribution in [0.1, 0.15) is 47.7 Å². The van der Waals surface area contributed by atoms with Crippen molar-refractivity contribution in [2.45, 2.75) is 37.5 Å². The van der Waals surface area contributed by atoms with Crippen LogP contribution in [0, 0.1) is 11.3 Å². The first kappa shape index (κ1) is 17.2. The summed E-state index contributed by atoms with van der Waals surface area (Å²) < 4.78 is 28.7. The average molecular weight is 309 g/mol. The van der Waals surface area contributed by atoms with Crippen LogP contribution in [-0.4, -0.2) is 27.8 Å². The molecule has 114 valence electrons. The van der Waals surface area contributed by atoms with Gasteiger partial charge in [0.1, 0.15) is 6.07 Å². The number of carbonyl (C=O) groups excluding carboxylic acids is 1. The van der Waals surface area contributed by atoms with E-state index in [1.54, 1.807) is 6.07 Å². The molecular weight excluding hydrogens is 290 g/mol. The Morgan fingerprint density at radius 1 is 1.33 bits per heavy atom. The van der Waals surface area contributed by atoms with Crippen molar-refractivity contribution in [2.24, 2.45) is 0 Å². The molecule has 0 radical (unpaired) electrons. The molecule has 1 aromatic rings. The van der Waals surface area contributed by atoms with Gasteiger partial charge in [-0.25, -0.2) is 13.2 Å². The molecule has 0 amide bonds. The Balaban J connectivity index is 3.49.